The van der Waals surface area contributed by atoms with Crippen molar-refractivity contribution in [3.05, 3.63) is 64.4 Å². The standard InChI is InChI=1S/C14H11Cl2FO/c15-8-11-7-13(17)5-6-14(11)18-9-10-1-3-12(16)4-2-10/h1-7H,8-9H2. The Morgan fingerprint density at radius 1 is 1.06 bits per heavy atom. The molecule has 0 aliphatic rings. The van der Waals surface area contributed by atoms with Gasteiger partial charge < -0.3 is 4.74 Å². The van der Waals surface area contributed by atoms with Gasteiger partial charge in [0, 0.05) is 10.6 Å². The molecule has 0 radical (unpaired) electrons. The van der Waals surface area contributed by atoms with Gasteiger partial charge in [-0.2, -0.15) is 0 Å². The fourth-order valence-corrected chi connectivity index (χ4v) is 1.87. The van der Waals surface area contributed by atoms with E-state index in [1.165, 1.54) is 12.1 Å². The van der Waals surface area contributed by atoms with Crippen LogP contribution >= 0.6 is 23.2 Å². The van der Waals surface area contributed by atoms with Crippen molar-refractivity contribution in [2.75, 3.05) is 0 Å². The summed E-state index contributed by atoms with van der Waals surface area (Å²) in [6.45, 7) is 0.396. The quantitative estimate of drug-likeness (QED) is 0.733. The molecule has 0 aromatic heterocycles. The van der Waals surface area contributed by atoms with Crippen LogP contribution in [0.25, 0.3) is 0 Å². The summed E-state index contributed by atoms with van der Waals surface area (Å²) in [4.78, 5) is 0. The Hall–Kier alpha value is -1.25. The zero-order valence-corrected chi connectivity index (χ0v) is 11.0. The largest absolute Gasteiger partial charge is 0.489 e. The van der Waals surface area contributed by atoms with Crippen molar-refractivity contribution >= 4 is 23.2 Å². The van der Waals surface area contributed by atoms with E-state index < -0.39 is 0 Å². The van der Waals surface area contributed by atoms with Crippen LogP contribution in [0.1, 0.15) is 11.1 Å². The van der Waals surface area contributed by atoms with Crippen molar-refractivity contribution < 1.29 is 9.13 Å². The molecule has 0 saturated carbocycles. The van der Waals surface area contributed by atoms with Crippen LogP contribution in [0.3, 0.4) is 0 Å². The lowest BCUT2D eigenvalue weighted by atomic mass is 10.2. The monoisotopic (exact) mass is 284 g/mol. The van der Waals surface area contributed by atoms with E-state index in [0.29, 0.717) is 22.9 Å². The van der Waals surface area contributed by atoms with Gasteiger partial charge in [0.05, 0.1) is 5.88 Å². The predicted octanol–water partition coefficient (Wildman–Crippen LogP) is 4.80. The van der Waals surface area contributed by atoms with Crippen molar-refractivity contribution in [2.24, 2.45) is 0 Å². The molecule has 94 valence electrons. The van der Waals surface area contributed by atoms with Gasteiger partial charge in [-0.25, -0.2) is 4.39 Å². The van der Waals surface area contributed by atoms with Crippen molar-refractivity contribution in [3.63, 3.8) is 0 Å². The number of ether oxygens (including phenoxy) is 1. The maximum Gasteiger partial charge on any atom is 0.124 e. The van der Waals surface area contributed by atoms with Crippen LogP contribution in [0.4, 0.5) is 4.39 Å². The van der Waals surface area contributed by atoms with Gasteiger partial charge in [0.15, 0.2) is 0 Å². The number of hydrogen-bond acceptors (Lipinski definition) is 1. The molecule has 0 spiro atoms. The lowest BCUT2D eigenvalue weighted by Crippen LogP contribution is -1.98. The Balaban J connectivity index is 2.08. The molecule has 2 aromatic rings. The van der Waals surface area contributed by atoms with Crippen molar-refractivity contribution in [1.29, 1.82) is 0 Å². The van der Waals surface area contributed by atoms with Gasteiger partial charge in [0.2, 0.25) is 0 Å². The normalized spacial score (nSPS) is 10.4. The van der Waals surface area contributed by atoms with Crippen LogP contribution in [0.2, 0.25) is 5.02 Å². The molecule has 0 bridgehead atoms. The van der Waals surface area contributed by atoms with Crippen LogP contribution in [0, 0.1) is 5.82 Å². The van der Waals surface area contributed by atoms with E-state index in [9.17, 15) is 4.39 Å². The molecule has 0 fully saturated rings. The third-order valence-corrected chi connectivity index (χ3v) is 3.01. The average molecular weight is 285 g/mol. The highest BCUT2D eigenvalue weighted by molar-refractivity contribution is 6.30. The van der Waals surface area contributed by atoms with Crippen LogP contribution in [-0.4, -0.2) is 0 Å². The molecule has 0 aliphatic carbocycles. The summed E-state index contributed by atoms with van der Waals surface area (Å²) in [6.07, 6.45) is 0. The molecule has 0 amide bonds. The van der Waals surface area contributed by atoms with Crippen molar-refractivity contribution in [3.8, 4) is 5.75 Å². The summed E-state index contributed by atoms with van der Waals surface area (Å²) in [7, 11) is 0. The molecule has 2 rings (SSSR count). The smallest absolute Gasteiger partial charge is 0.124 e. The zero-order chi connectivity index (χ0) is 13.0. The molecule has 0 aliphatic heterocycles. The molecule has 0 atom stereocenters. The van der Waals surface area contributed by atoms with Crippen molar-refractivity contribution in [2.45, 2.75) is 12.5 Å². The van der Waals surface area contributed by atoms with Gasteiger partial charge in [-0.05, 0) is 35.9 Å². The molecule has 4 heteroatoms. The number of hydrogen-bond donors (Lipinski definition) is 0. The first-order valence-electron chi connectivity index (χ1n) is 5.40. The Labute approximate surface area is 115 Å². The summed E-state index contributed by atoms with van der Waals surface area (Å²) in [5.74, 6) is 0.499. The first-order chi connectivity index (χ1) is 8.69. The van der Waals surface area contributed by atoms with E-state index in [1.807, 2.05) is 12.1 Å². The minimum atomic E-state index is -0.315. The maximum atomic E-state index is 13.0. The van der Waals surface area contributed by atoms with Gasteiger partial charge in [-0.1, -0.05) is 23.7 Å². The SMILES string of the molecule is Fc1ccc(OCc2ccc(Cl)cc2)c(CCl)c1. The number of alkyl halides is 1. The molecule has 0 unspecified atom stereocenters. The molecule has 1 nitrogen and oxygen atoms in total. The predicted molar refractivity (Wildman–Crippen MR) is 71.7 cm³/mol. The number of rotatable bonds is 4. The maximum absolute atomic E-state index is 13.0. The summed E-state index contributed by atoms with van der Waals surface area (Å²) >= 11 is 11.5. The minimum Gasteiger partial charge on any atom is -0.489 e. The van der Waals surface area contributed by atoms with Gasteiger partial charge in [-0.3, -0.25) is 0 Å². The van der Waals surface area contributed by atoms with Crippen LogP contribution in [0.5, 0.6) is 5.75 Å². The van der Waals surface area contributed by atoms with Crippen molar-refractivity contribution in [1.82, 2.24) is 0 Å². The molecule has 0 saturated heterocycles. The zero-order valence-electron chi connectivity index (χ0n) is 9.50. The van der Waals surface area contributed by atoms with Gasteiger partial charge in [0.25, 0.3) is 0 Å². The highest BCUT2D eigenvalue weighted by Crippen LogP contribution is 2.22. The highest BCUT2D eigenvalue weighted by atomic mass is 35.5. The second-order valence-corrected chi connectivity index (χ2v) is 4.50. The fraction of sp³-hybridized carbons (Fsp3) is 0.143. The highest BCUT2D eigenvalue weighted by Gasteiger charge is 2.05. The van der Waals surface area contributed by atoms with Gasteiger partial charge >= 0.3 is 0 Å². The summed E-state index contributed by atoms with van der Waals surface area (Å²) < 4.78 is 18.6. The van der Waals surface area contributed by atoms with E-state index in [1.54, 1.807) is 18.2 Å². The molecular weight excluding hydrogens is 274 g/mol. The van der Waals surface area contributed by atoms with E-state index in [-0.39, 0.29) is 11.7 Å². The van der Waals surface area contributed by atoms with Crippen LogP contribution in [0.15, 0.2) is 42.5 Å². The Morgan fingerprint density at radius 3 is 2.44 bits per heavy atom. The second-order valence-electron chi connectivity index (χ2n) is 3.80. The summed E-state index contributed by atoms with van der Waals surface area (Å²) in [5.41, 5.74) is 1.63. The lowest BCUT2D eigenvalue weighted by molar-refractivity contribution is 0.303. The average Bonchev–Trinajstić information content (AvgIpc) is 2.39. The van der Waals surface area contributed by atoms with Gasteiger partial charge in [0.1, 0.15) is 18.2 Å². The first-order valence-corrected chi connectivity index (χ1v) is 6.32. The number of halogens is 3. The molecule has 18 heavy (non-hydrogen) atoms. The Kier molecular flexibility index (Phi) is 4.45. The van der Waals surface area contributed by atoms with Crippen LogP contribution in [-0.2, 0) is 12.5 Å². The Morgan fingerprint density at radius 2 is 1.78 bits per heavy atom. The second kappa shape index (κ2) is 6.07. The summed E-state index contributed by atoms with van der Waals surface area (Å²) in [6, 6.07) is 11.7. The minimum absolute atomic E-state index is 0.216. The topological polar surface area (TPSA) is 9.23 Å². The molecule has 0 N–H and O–H groups in total. The third-order valence-electron chi connectivity index (χ3n) is 2.47. The molecular formula is C14H11Cl2FO. The van der Waals surface area contributed by atoms with E-state index in [0.717, 1.165) is 5.56 Å². The lowest BCUT2D eigenvalue weighted by Gasteiger charge is -2.10. The molecule has 0 heterocycles. The first kappa shape index (κ1) is 13.2. The molecule has 2 aromatic carbocycles. The number of benzene rings is 2. The summed E-state index contributed by atoms with van der Waals surface area (Å²) in [5, 5.41) is 0.682. The van der Waals surface area contributed by atoms with E-state index in [2.05, 4.69) is 0 Å². The van der Waals surface area contributed by atoms with E-state index in [4.69, 9.17) is 27.9 Å². The van der Waals surface area contributed by atoms with Gasteiger partial charge in [-0.15, -0.1) is 11.6 Å². The third kappa shape index (κ3) is 3.37. The fourth-order valence-electron chi connectivity index (χ4n) is 1.53. The Bertz CT molecular complexity index is 526. The van der Waals surface area contributed by atoms with E-state index >= 15 is 0 Å². The van der Waals surface area contributed by atoms with Crippen LogP contribution < -0.4 is 4.74 Å².